The summed E-state index contributed by atoms with van der Waals surface area (Å²) in [6.07, 6.45) is 0. The summed E-state index contributed by atoms with van der Waals surface area (Å²) in [4.78, 5) is 0.696. The zero-order chi connectivity index (χ0) is 14.8. The van der Waals surface area contributed by atoms with Crippen molar-refractivity contribution in [1.82, 2.24) is 0 Å². The second-order valence-electron chi connectivity index (χ2n) is 4.81. The molecule has 4 heteroatoms. The Bertz CT molecular complexity index is 827. The number of rotatable bonds is 3. The van der Waals surface area contributed by atoms with Crippen molar-refractivity contribution in [2.45, 2.75) is 10.6 Å². The summed E-state index contributed by atoms with van der Waals surface area (Å²) in [5, 5.41) is 2.73. The van der Waals surface area contributed by atoms with Gasteiger partial charge in [0.1, 0.15) is 0 Å². The SMILES string of the molecule is Nc1ccc(S(=O)Cc2cccc3ccccc23)cc1Cl. The van der Waals surface area contributed by atoms with Gasteiger partial charge in [0.25, 0.3) is 0 Å². The second kappa shape index (κ2) is 5.88. The fourth-order valence-corrected chi connectivity index (χ4v) is 3.71. The third kappa shape index (κ3) is 2.94. The van der Waals surface area contributed by atoms with Crippen molar-refractivity contribution in [3.63, 3.8) is 0 Å². The molecular formula is C17H14ClNOS. The van der Waals surface area contributed by atoms with Gasteiger partial charge in [0, 0.05) is 4.90 Å². The van der Waals surface area contributed by atoms with Crippen molar-refractivity contribution in [2.24, 2.45) is 0 Å². The first-order chi connectivity index (χ1) is 10.1. The van der Waals surface area contributed by atoms with Gasteiger partial charge in [-0.05, 0) is 34.5 Å². The van der Waals surface area contributed by atoms with Crippen LogP contribution in [-0.2, 0) is 16.6 Å². The molecule has 0 spiro atoms. The monoisotopic (exact) mass is 315 g/mol. The van der Waals surface area contributed by atoms with Crippen molar-refractivity contribution < 1.29 is 4.21 Å². The Morgan fingerprint density at radius 1 is 1.00 bits per heavy atom. The molecule has 0 fully saturated rings. The molecule has 0 heterocycles. The predicted molar refractivity (Wildman–Crippen MR) is 89.9 cm³/mol. The average molecular weight is 316 g/mol. The van der Waals surface area contributed by atoms with E-state index in [0.717, 1.165) is 16.3 Å². The maximum absolute atomic E-state index is 12.5. The van der Waals surface area contributed by atoms with Crippen LogP contribution >= 0.6 is 11.6 Å². The smallest absolute Gasteiger partial charge is 0.0647 e. The predicted octanol–water partition coefficient (Wildman–Crippen LogP) is 4.38. The van der Waals surface area contributed by atoms with E-state index in [1.807, 2.05) is 24.3 Å². The van der Waals surface area contributed by atoms with Crippen LogP contribution in [0.4, 0.5) is 5.69 Å². The molecule has 3 rings (SSSR count). The minimum atomic E-state index is -1.15. The summed E-state index contributed by atoms with van der Waals surface area (Å²) in [6.45, 7) is 0. The van der Waals surface area contributed by atoms with Crippen LogP contribution in [0.15, 0.2) is 65.6 Å². The number of nitrogens with two attached hydrogens (primary N) is 1. The molecule has 0 aromatic heterocycles. The fraction of sp³-hybridized carbons (Fsp3) is 0.0588. The third-order valence-electron chi connectivity index (χ3n) is 3.40. The Labute approximate surface area is 131 Å². The topological polar surface area (TPSA) is 43.1 Å². The molecule has 2 N–H and O–H groups in total. The van der Waals surface area contributed by atoms with E-state index < -0.39 is 10.8 Å². The molecule has 0 aliphatic carbocycles. The van der Waals surface area contributed by atoms with Crippen LogP contribution in [0.3, 0.4) is 0 Å². The molecule has 1 atom stereocenters. The molecule has 0 radical (unpaired) electrons. The molecular weight excluding hydrogens is 302 g/mol. The minimum absolute atomic E-state index is 0.443. The zero-order valence-electron chi connectivity index (χ0n) is 11.3. The lowest BCUT2D eigenvalue weighted by Gasteiger charge is -2.08. The van der Waals surface area contributed by atoms with Crippen LogP contribution in [0.1, 0.15) is 5.56 Å². The molecule has 3 aromatic rings. The van der Waals surface area contributed by atoms with Crippen molar-refractivity contribution in [3.05, 3.63) is 71.2 Å². The molecule has 0 aliphatic rings. The van der Waals surface area contributed by atoms with Gasteiger partial charge in [0.05, 0.1) is 27.3 Å². The van der Waals surface area contributed by atoms with Crippen molar-refractivity contribution >= 4 is 38.9 Å². The van der Waals surface area contributed by atoms with Crippen LogP contribution in [-0.4, -0.2) is 4.21 Å². The molecule has 3 aromatic carbocycles. The number of halogens is 1. The van der Waals surface area contributed by atoms with E-state index in [4.69, 9.17) is 17.3 Å². The maximum Gasteiger partial charge on any atom is 0.0647 e. The lowest BCUT2D eigenvalue weighted by molar-refractivity contribution is 0.683. The highest BCUT2D eigenvalue weighted by atomic mass is 35.5. The summed E-state index contributed by atoms with van der Waals surface area (Å²) in [5.41, 5.74) is 7.26. The van der Waals surface area contributed by atoms with Gasteiger partial charge in [0.2, 0.25) is 0 Å². The quantitative estimate of drug-likeness (QED) is 0.729. The van der Waals surface area contributed by atoms with E-state index in [9.17, 15) is 4.21 Å². The van der Waals surface area contributed by atoms with E-state index in [0.29, 0.717) is 21.4 Å². The Morgan fingerprint density at radius 3 is 2.57 bits per heavy atom. The van der Waals surface area contributed by atoms with E-state index >= 15 is 0 Å². The first-order valence-electron chi connectivity index (χ1n) is 6.55. The van der Waals surface area contributed by atoms with E-state index in [1.54, 1.807) is 18.2 Å². The Kier molecular flexibility index (Phi) is 3.95. The molecule has 106 valence electrons. The lowest BCUT2D eigenvalue weighted by Crippen LogP contribution is -1.98. The maximum atomic E-state index is 12.5. The molecule has 0 aliphatic heterocycles. The van der Waals surface area contributed by atoms with E-state index in [1.165, 1.54) is 0 Å². The number of benzene rings is 3. The standard InChI is InChI=1S/C17H14ClNOS/c18-16-10-14(8-9-17(16)19)21(20)11-13-6-3-5-12-4-1-2-7-15(12)13/h1-10H,11,19H2. The van der Waals surface area contributed by atoms with E-state index in [2.05, 4.69) is 18.2 Å². The molecule has 0 bridgehead atoms. The van der Waals surface area contributed by atoms with Gasteiger partial charge in [-0.25, -0.2) is 0 Å². The molecule has 2 nitrogen and oxygen atoms in total. The minimum Gasteiger partial charge on any atom is -0.398 e. The zero-order valence-corrected chi connectivity index (χ0v) is 12.8. The number of fused-ring (bicyclic) bond motifs is 1. The van der Waals surface area contributed by atoms with E-state index in [-0.39, 0.29) is 0 Å². The van der Waals surface area contributed by atoms with Gasteiger partial charge >= 0.3 is 0 Å². The van der Waals surface area contributed by atoms with Gasteiger partial charge in [0.15, 0.2) is 0 Å². The van der Waals surface area contributed by atoms with Crippen LogP contribution < -0.4 is 5.73 Å². The number of anilines is 1. The molecule has 0 saturated heterocycles. The summed E-state index contributed by atoms with van der Waals surface area (Å²) < 4.78 is 12.5. The summed E-state index contributed by atoms with van der Waals surface area (Å²) >= 11 is 6.00. The van der Waals surface area contributed by atoms with Crippen molar-refractivity contribution in [3.8, 4) is 0 Å². The Balaban J connectivity index is 1.94. The molecule has 0 amide bonds. The van der Waals surface area contributed by atoms with Crippen molar-refractivity contribution in [2.75, 3.05) is 5.73 Å². The summed E-state index contributed by atoms with van der Waals surface area (Å²) in [6, 6.07) is 19.3. The van der Waals surface area contributed by atoms with Crippen molar-refractivity contribution in [1.29, 1.82) is 0 Å². The molecule has 0 saturated carbocycles. The van der Waals surface area contributed by atoms with Gasteiger partial charge in [-0.3, -0.25) is 4.21 Å². The molecule has 21 heavy (non-hydrogen) atoms. The fourth-order valence-electron chi connectivity index (χ4n) is 2.29. The largest absolute Gasteiger partial charge is 0.398 e. The van der Waals surface area contributed by atoms with Crippen LogP contribution in [0, 0.1) is 0 Å². The van der Waals surface area contributed by atoms with Gasteiger partial charge in [-0.1, -0.05) is 54.1 Å². The Morgan fingerprint density at radius 2 is 1.76 bits per heavy atom. The van der Waals surface area contributed by atoms with Gasteiger partial charge in [-0.2, -0.15) is 0 Å². The normalized spacial score (nSPS) is 12.4. The van der Waals surface area contributed by atoms with Gasteiger partial charge < -0.3 is 5.73 Å². The van der Waals surface area contributed by atoms with Crippen LogP contribution in [0.5, 0.6) is 0 Å². The van der Waals surface area contributed by atoms with Crippen LogP contribution in [0.25, 0.3) is 10.8 Å². The number of hydrogen-bond donors (Lipinski definition) is 1. The number of hydrogen-bond acceptors (Lipinski definition) is 2. The Hall–Kier alpha value is -1.84. The lowest BCUT2D eigenvalue weighted by atomic mass is 10.1. The van der Waals surface area contributed by atoms with Gasteiger partial charge in [-0.15, -0.1) is 0 Å². The highest BCUT2D eigenvalue weighted by Crippen LogP contribution is 2.25. The highest BCUT2D eigenvalue weighted by Gasteiger charge is 2.09. The first kappa shape index (κ1) is 14.1. The third-order valence-corrected chi connectivity index (χ3v) is 5.08. The molecule has 1 unspecified atom stereocenters. The second-order valence-corrected chi connectivity index (χ2v) is 6.67. The van der Waals surface area contributed by atoms with Crippen LogP contribution in [0.2, 0.25) is 5.02 Å². The first-order valence-corrected chi connectivity index (χ1v) is 8.25. The summed E-state index contributed by atoms with van der Waals surface area (Å²) in [7, 11) is -1.15. The summed E-state index contributed by atoms with van der Waals surface area (Å²) in [5.74, 6) is 0.460. The highest BCUT2D eigenvalue weighted by molar-refractivity contribution is 7.84. The average Bonchev–Trinajstić information content (AvgIpc) is 2.50. The number of nitrogen functional groups attached to an aromatic ring is 1.